The van der Waals surface area contributed by atoms with Gasteiger partial charge in [0.1, 0.15) is 11.3 Å². The number of benzene rings is 1. The molecule has 2 heterocycles. The van der Waals surface area contributed by atoms with Crippen molar-refractivity contribution in [1.82, 2.24) is 24.4 Å². The highest BCUT2D eigenvalue weighted by Gasteiger charge is 2.14. The number of rotatable bonds is 5. The summed E-state index contributed by atoms with van der Waals surface area (Å²) in [6, 6.07) is 7.31. The molecule has 0 saturated heterocycles. The minimum Gasteiger partial charge on any atom is -0.341 e. The molecule has 8 nitrogen and oxygen atoms in total. The molecule has 0 unspecified atom stereocenters. The molecule has 0 fully saturated rings. The number of halogens is 1. The van der Waals surface area contributed by atoms with E-state index >= 15 is 0 Å². The second kappa shape index (κ2) is 7.17. The van der Waals surface area contributed by atoms with E-state index in [-0.39, 0.29) is 23.5 Å². The summed E-state index contributed by atoms with van der Waals surface area (Å²) in [5, 5.41) is 0.650. The third-order valence-electron chi connectivity index (χ3n) is 4.14. The maximum absolute atomic E-state index is 12.3. The SMILES string of the molecule is CN(Cc1ccc(Cl)cc1)C(=O)CCc1nc2c([nH]1)c(=O)[nH]c(=O)n2C. The van der Waals surface area contributed by atoms with Crippen LogP contribution < -0.4 is 11.2 Å². The molecular formula is C17H18ClN5O3. The first-order valence-corrected chi connectivity index (χ1v) is 8.39. The Bertz CT molecular complexity index is 1060. The molecule has 136 valence electrons. The minimum absolute atomic E-state index is 0.0526. The van der Waals surface area contributed by atoms with Crippen LogP contribution in [0.25, 0.3) is 11.2 Å². The zero-order valence-electron chi connectivity index (χ0n) is 14.4. The van der Waals surface area contributed by atoms with Crippen molar-refractivity contribution in [3.05, 3.63) is 61.5 Å². The lowest BCUT2D eigenvalue weighted by Gasteiger charge is -2.17. The first-order chi connectivity index (χ1) is 12.3. The molecule has 26 heavy (non-hydrogen) atoms. The number of aryl methyl sites for hydroxylation is 2. The molecule has 0 radical (unpaired) electrons. The van der Waals surface area contributed by atoms with Gasteiger partial charge in [-0.25, -0.2) is 9.78 Å². The number of hydrogen-bond donors (Lipinski definition) is 2. The van der Waals surface area contributed by atoms with E-state index in [0.717, 1.165) is 5.56 Å². The molecule has 9 heteroatoms. The minimum atomic E-state index is -0.528. The fourth-order valence-electron chi connectivity index (χ4n) is 2.64. The van der Waals surface area contributed by atoms with Crippen molar-refractivity contribution < 1.29 is 4.79 Å². The first kappa shape index (κ1) is 17.9. The molecule has 0 bridgehead atoms. The quantitative estimate of drug-likeness (QED) is 0.699. The van der Waals surface area contributed by atoms with Gasteiger partial charge in [-0.1, -0.05) is 23.7 Å². The van der Waals surface area contributed by atoms with Crippen LogP contribution >= 0.6 is 11.6 Å². The summed E-state index contributed by atoms with van der Waals surface area (Å²) in [7, 11) is 3.25. The van der Waals surface area contributed by atoms with Crippen LogP contribution in [0.1, 0.15) is 17.8 Å². The zero-order chi connectivity index (χ0) is 18.8. The largest absolute Gasteiger partial charge is 0.341 e. The average Bonchev–Trinajstić information content (AvgIpc) is 3.04. The predicted molar refractivity (Wildman–Crippen MR) is 98.2 cm³/mol. The fourth-order valence-corrected chi connectivity index (χ4v) is 2.76. The molecule has 0 saturated carbocycles. The van der Waals surface area contributed by atoms with E-state index in [4.69, 9.17) is 11.6 Å². The number of amides is 1. The lowest BCUT2D eigenvalue weighted by molar-refractivity contribution is -0.130. The van der Waals surface area contributed by atoms with Crippen LogP contribution in [0.4, 0.5) is 0 Å². The molecule has 0 aliphatic carbocycles. The van der Waals surface area contributed by atoms with Gasteiger partial charge in [0, 0.05) is 38.5 Å². The molecule has 0 aliphatic heterocycles. The number of imidazole rings is 1. The fraction of sp³-hybridized carbons (Fsp3) is 0.294. The van der Waals surface area contributed by atoms with Gasteiger partial charge >= 0.3 is 5.69 Å². The van der Waals surface area contributed by atoms with Gasteiger partial charge in [-0.15, -0.1) is 0 Å². The number of aromatic nitrogens is 4. The van der Waals surface area contributed by atoms with Gasteiger partial charge in [0.15, 0.2) is 5.65 Å². The van der Waals surface area contributed by atoms with Crippen molar-refractivity contribution in [3.8, 4) is 0 Å². The number of hydrogen-bond acceptors (Lipinski definition) is 4. The number of H-pyrrole nitrogens is 2. The van der Waals surface area contributed by atoms with Crippen molar-refractivity contribution in [2.75, 3.05) is 7.05 Å². The van der Waals surface area contributed by atoms with Crippen LogP contribution in [0.15, 0.2) is 33.9 Å². The average molecular weight is 376 g/mol. The van der Waals surface area contributed by atoms with Gasteiger partial charge in [0.25, 0.3) is 5.56 Å². The molecule has 1 amide bonds. The van der Waals surface area contributed by atoms with Gasteiger partial charge in [-0.3, -0.25) is 19.1 Å². The first-order valence-electron chi connectivity index (χ1n) is 8.01. The highest BCUT2D eigenvalue weighted by atomic mass is 35.5. The highest BCUT2D eigenvalue weighted by Crippen LogP contribution is 2.12. The third kappa shape index (κ3) is 3.70. The van der Waals surface area contributed by atoms with Gasteiger partial charge in [0.05, 0.1) is 0 Å². The standard InChI is InChI=1S/C17H18ClN5O3/c1-22(9-10-3-5-11(18)6-4-10)13(24)8-7-12-19-14-15(20-12)23(2)17(26)21-16(14)25/h3-6H,7-9H2,1-2H3,(H,19,20)(H,21,25,26). The second-order valence-corrected chi connectivity index (χ2v) is 6.51. The zero-order valence-corrected chi connectivity index (χ0v) is 15.1. The number of carbonyl (C=O) groups is 1. The summed E-state index contributed by atoms with van der Waals surface area (Å²) >= 11 is 5.86. The van der Waals surface area contributed by atoms with Crippen molar-refractivity contribution in [1.29, 1.82) is 0 Å². The van der Waals surface area contributed by atoms with Gasteiger partial charge in [-0.05, 0) is 17.7 Å². The van der Waals surface area contributed by atoms with E-state index in [2.05, 4.69) is 15.0 Å². The number of fused-ring (bicyclic) bond motifs is 1. The Morgan fingerprint density at radius 2 is 1.92 bits per heavy atom. The summed E-state index contributed by atoms with van der Waals surface area (Å²) in [5.74, 6) is 0.433. The molecule has 3 rings (SSSR count). The monoisotopic (exact) mass is 375 g/mol. The molecule has 2 N–H and O–H groups in total. The molecule has 1 aromatic carbocycles. The van der Waals surface area contributed by atoms with E-state index in [1.807, 2.05) is 12.1 Å². The van der Waals surface area contributed by atoms with Crippen LogP contribution in [0.5, 0.6) is 0 Å². The van der Waals surface area contributed by atoms with Crippen molar-refractivity contribution >= 4 is 28.7 Å². The van der Waals surface area contributed by atoms with Crippen molar-refractivity contribution in [3.63, 3.8) is 0 Å². The number of carbonyl (C=O) groups excluding carboxylic acids is 1. The maximum Gasteiger partial charge on any atom is 0.329 e. The van der Waals surface area contributed by atoms with E-state index < -0.39 is 11.2 Å². The Labute approximate surface area is 153 Å². The molecule has 3 aromatic rings. The molecular weight excluding hydrogens is 358 g/mol. The smallest absolute Gasteiger partial charge is 0.329 e. The van der Waals surface area contributed by atoms with Crippen molar-refractivity contribution in [2.45, 2.75) is 19.4 Å². The number of nitrogens with one attached hydrogen (secondary N) is 2. The topological polar surface area (TPSA) is 104 Å². The lowest BCUT2D eigenvalue weighted by atomic mass is 10.2. The molecule has 0 atom stereocenters. The van der Waals surface area contributed by atoms with Crippen LogP contribution in [-0.4, -0.2) is 37.4 Å². The molecule has 0 aliphatic rings. The summed E-state index contributed by atoms with van der Waals surface area (Å²) in [6.45, 7) is 0.476. The summed E-state index contributed by atoms with van der Waals surface area (Å²) in [6.07, 6.45) is 0.571. The number of nitrogens with zero attached hydrogens (tertiary/aromatic N) is 3. The summed E-state index contributed by atoms with van der Waals surface area (Å²) in [5.41, 5.74) is 0.433. The molecule has 2 aromatic heterocycles. The Morgan fingerprint density at radius 1 is 1.23 bits per heavy atom. The highest BCUT2D eigenvalue weighted by molar-refractivity contribution is 6.30. The van der Waals surface area contributed by atoms with Crippen molar-refractivity contribution in [2.24, 2.45) is 7.05 Å². The third-order valence-corrected chi connectivity index (χ3v) is 4.39. The van der Waals surface area contributed by atoms with Crippen LogP contribution in [0.2, 0.25) is 5.02 Å². The Hall–Kier alpha value is -2.87. The van der Waals surface area contributed by atoms with Crippen LogP contribution in [0, 0.1) is 0 Å². The van der Waals surface area contributed by atoms with Crippen LogP contribution in [0.3, 0.4) is 0 Å². The Kier molecular flexibility index (Phi) is 4.94. The van der Waals surface area contributed by atoms with E-state index in [9.17, 15) is 14.4 Å². The second-order valence-electron chi connectivity index (χ2n) is 6.08. The van der Waals surface area contributed by atoms with E-state index in [1.165, 1.54) is 11.6 Å². The molecule has 0 spiro atoms. The Morgan fingerprint density at radius 3 is 2.62 bits per heavy atom. The maximum atomic E-state index is 12.3. The van der Waals surface area contributed by atoms with E-state index in [1.54, 1.807) is 24.1 Å². The van der Waals surface area contributed by atoms with Gasteiger partial charge in [-0.2, -0.15) is 0 Å². The summed E-state index contributed by atoms with van der Waals surface area (Å²) in [4.78, 5) is 46.7. The summed E-state index contributed by atoms with van der Waals surface area (Å²) < 4.78 is 1.26. The normalized spacial score (nSPS) is 11.0. The van der Waals surface area contributed by atoms with E-state index in [0.29, 0.717) is 23.8 Å². The van der Waals surface area contributed by atoms with Crippen LogP contribution in [-0.2, 0) is 24.8 Å². The number of aromatic amines is 2. The Balaban J connectivity index is 1.67. The lowest BCUT2D eigenvalue weighted by Crippen LogP contribution is -2.28. The van der Waals surface area contributed by atoms with Gasteiger partial charge in [0.2, 0.25) is 5.91 Å². The van der Waals surface area contributed by atoms with Gasteiger partial charge < -0.3 is 9.88 Å². The predicted octanol–water partition coefficient (Wildman–Crippen LogP) is 1.19.